The minimum atomic E-state index is -0.745. The van der Waals surface area contributed by atoms with Crippen LogP contribution in [0.4, 0.5) is 0 Å². The zero-order valence-electron chi connectivity index (χ0n) is 7.11. The quantitative estimate of drug-likeness (QED) is 0.413. The van der Waals surface area contributed by atoms with Gasteiger partial charge in [0.2, 0.25) is 0 Å². The highest BCUT2D eigenvalue weighted by Crippen LogP contribution is 2.14. The number of aliphatic hydroxyl groups is 3. The molecule has 0 aromatic rings. The topological polar surface area (TPSA) is 60.7 Å². The summed E-state index contributed by atoms with van der Waals surface area (Å²) in [6, 6.07) is 0. The molecule has 0 aromatic carbocycles. The van der Waals surface area contributed by atoms with Gasteiger partial charge in [-0.15, -0.1) is 6.58 Å². The fourth-order valence-electron chi connectivity index (χ4n) is 0.975. The van der Waals surface area contributed by atoms with Gasteiger partial charge in [-0.1, -0.05) is 12.7 Å². The lowest BCUT2D eigenvalue weighted by Gasteiger charge is -2.18. The summed E-state index contributed by atoms with van der Waals surface area (Å²) in [6.07, 6.45) is 1.53. The van der Waals surface area contributed by atoms with E-state index in [1.807, 2.05) is 0 Å². The minimum Gasteiger partial charge on any atom is -0.513 e. The lowest BCUT2D eigenvalue weighted by molar-refractivity contribution is 0.0616. The van der Waals surface area contributed by atoms with Crippen molar-refractivity contribution in [3.8, 4) is 0 Å². The van der Waals surface area contributed by atoms with E-state index in [1.54, 1.807) is 6.08 Å². The van der Waals surface area contributed by atoms with Crippen molar-refractivity contribution in [3.63, 3.8) is 0 Å². The molecule has 2 unspecified atom stereocenters. The third-order valence-electron chi connectivity index (χ3n) is 1.69. The molecule has 0 aliphatic carbocycles. The maximum atomic E-state index is 9.38. The van der Waals surface area contributed by atoms with E-state index < -0.39 is 6.10 Å². The highest BCUT2D eigenvalue weighted by molar-refractivity contribution is 4.87. The van der Waals surface area contributed by atoms with Gasteiger partial charge in [0.1, 0.15) is 0 Å². The smallest absolute Gasteiger partial charge is 0.0877 e. The standard InChI is InChI=1S/C9H16O3/c1-3-4-8(6-10)9(12)5-7(2)11/h3,8-12H,1-2,4-6H2. The van der Waals surface area contributed by atoms with Crippen molar-refractivity contribution in [2.45, 2.75) is 18.9 Å². The Balaban J connectivity index is 3.92. The first-order valence-corrected chi connectivity index (χ1v) is 3.88. The van der Waals surface area contributed by atoms with Crippen LogP contribution in [0.15, 0.2) is 25.0 Å². The second-order valence-electron chi connectivity index (χ2n) is 2.80. The van der Waals surface area contributed by atoms with Gasteiger partial charge in [0.15, 0.2) is 0 Å². The zero-order valence-corrected chi connectivity index (χ0v) is 7.11. The molecular weight excluding hydrogens is 156 g/mol. The normalized spacial score (nSPS) is 15.2. The molecule has 70 valence electrons. The molecule has 0 bridgehead atoms. The van der Waals surface area contributed by atoms with Crippen molar-refractivity contribution in [2.24, 2.45) is 5.92 Å². The summed E-state index contributed by atoms with van der Waals surface area (Å²) in [6.45, 7) is 6.65. The second-order valence-corrected chi connectivity index (χ2v) is 2.80. The van der Waals surface area contributed by atoms with E-state index in [1.165, 1.54) is 0 Å². The molecule has 0 aliphatic rings. The highest BCUT2D eigenvalue weighted by Gasteiger charge is 2.17. The first kappa shape index (κ1) is 11.2. The van der Waals surface area contributed by atoms with Gasteiger partial charge in [0, 0.05) is 18.9 Å². The van der Waals surface area contributed by atoms with Crippen molar-refractivity contribution in [1.82, 2.24) is 0 Å². The third kappa shape index (κ3) is 4.16. The molecule has 0 aromatic heterocycles. The van der Waals surface area contributed by atoms with Gasteiger partial charge in [-0.25, -0.2) is 0 Å². The predicted octanol–water partition coefficient (Wildman–Crippen LogP) is 0.994. The van der Waals surface area contributed by atoms with Crippen LogP contribution in [0.1, 0.15) is 12.8 Å². The highest BCUT2D eigenvalue weighted by atomic mass is 16.3. The molecule has 0 heterocycles. The van der Waals surface area contributed by atoms with Crippen molar-refractivity contribution in [1.29, 1.82) is 0 Å². The van der Waals surface area contributed by atoms with Crippen molar-refractivity contribution in [3.05, 3.63) is 25.0 Å². The predicted molar refractivity (Wildman–Crippen MR) is 47.8 cm³/mol. The van der Waals surface area contributed by atoms with Gasteiger partial charge in [-0.05, 0) is 6.42 Å². The Labute approximate surface area is 72.7 Å². The van der Waals surface area contributed by atoms with E-state index in [4.69, 9.17) is 10.2 Å². The Hall–Kier alpha value is -0.800. The van der Waals surface area contributed by atoms with Crippen LogP contribution in [-0.4, -0.2) is 28.0 Å². The van der Waals surface area contributed by atoms with Crippen LogP contribution in [0.5, 0.6) is 0 Å². The molecule has 3 heteroatoms. The number of hydrogen-bond acceptors (Lipinski definition) is 3. The summed E-state index contributed by atoms with van der Waals surface area (Å²) in [7, 11) is 0. The fraction of sp³-hybridized carbons (Fsp3) is 0.556. The van der Waals surface area contributed by atoms with Gasteiger partial charge in [0.25, 0.3) is 0 Å². The van der Waals surface area contributed by atoms with Crippen LogP contribution in [0.2, 0.25) is 0 Å². The van der Waals surface area contributed by atoms with E-state index in [0.29, 0.717) is 6.42 Å². The van der Waals surface area contributed by atoms with Crippen molar-refractivity contribution in [2.75, 3.05) is 6.61 Å². The maximum Gasteiger partial charge on any atom is 0.0877 e. The summed E-state index contributed by atoms with van der Waals surface area (Å²) in [5, 5.41) is 27.0. The van der Waals surface area contributed by atoms with Gasteiger partial charge in [-0.2, -0.15) is 0 Å². The molecule has 0 aliphatic heterocycles. The van der Waals surface area contributed by atoms with E-state index >= 15 is 0 Å². The summed E-state index contributed by atoms with van der Waals surface area (Å²) < 4.78 is 0. The van der Waals surface area contributed by atoms with Crippen molar-refractivity contribution >= 4 is 0 Å². The Kier molecular flexibility index (Phi) is 5.41. The summed E-state index contributed by atoms with van der Waals surface area (Å²) in [5.74, 6) is -0.323. The van der Waals surface area contributed by atoms with Crippen LogP contribution in [-0.2, 0) is 0 Å². The van der Waals surface area contributed by atoms with Crippen molar-refractivity contribution < 1.29 is 15.3 Å². The van der Waals surface area contributed by atoms with Gasteiger partial charge < -0.3 is 15.3 Å². The van der Waals surface area contributed by atoms with Crippen LogP contribution < -0.4 is 0 Å². The Morgan fingerprint density at radius 2 is 2.08 bits per heavy atom. The Bertz CT molecular complexity index is 154. The second kappa shape index (κ2) is 5.80. The third-order valence-corrected chi connectivity index (χ3v) is 1.69. The molecular formula is C9H16O3. The lowest BCUT2D eigenvalue weighted by atomic mass is 9.97. The maximum absolute atomic E-state index is 9.38. The minimum absolute atomic E-state index is 0.0648. The molecule has 0 spiro atoms. The number of allylic oxidation sites excluding steroid dienone is 1. The number of hydrogen-bond donors (Lipinski definition) is 3. The van der Waals surface area contributed by atoms with E-state index in [9.17, 15) is 5.11 Å². The molecule has 0 amide bonds. The summed E-state index contributed by atoms with van der Waals surface area (Å²) in [4.78, 5) is 0. The van der Waals surface area contributed by atoms with Crippen LogP contribution in [0, 0.1) is 5.92 Å². The molecule has 0 saturated carbocycles. The fourth-order valence-corrected chi connectivity index (χ4v) is 0.975. The number of aliphatic hydroxyl groups excluding tert-OH is 3. The average molecular weight is 172 g/mol. The first-order valence-electron chi connectivity index (χ1n) is 3.88. The molecule has 3 N–H and O–H groups in total. The molecule has 0 rings (SSSR count). The monoisotopic (exact) mass is 172 g/mol. The molecule has 3 nitrogen and oxygen atoms in total. The van der Waals surface area contributed by atoms with Crippen LogP contribution in [0.25, 0.3) is 0 Å². The molecule has 2 atom stereocenters. The van der Waals surface area contributed by atoms with Gasteiger partial charge >= 0.3 is 0 Å². The first-order chi connectivity index (χ1) is 5.61. The van der Waals surface area contributed by atoms with Gasteiger partial charge in [0.05, 0.1) is 11.9 Å². The Morgan fingerprint density at radius 3 is 2.42 bits per heavy atom. The van der Waals surface area contributed by atoms with E-state index in [-0.39, 0.29) is 24.7 Å². The van der Waals surface area contributed by atoms with Gasteiger partial charge in [-0.3, -0.25) is 0 Å². The lowest BCUT2D eigenvalue weighted by Crippen LogP contribution is -2.23. The molecule has 0 saturated heterocycles. The Morgan fingerprint density at radius 1 is 1.50 bits per heavy atom. The average Bonchev–Trinajstić information content (AvgIpc) is 1.98. The van der Waals surface area contributed by atoms with E-state index in [0.717, 1.165) is 0 Å². The van der Waals surface area contributed by atoms with Crippen LogP contribution in [0.3, 0.4) is 0 Å². The largest absolute Gasteiger partial charge is 0.513 e. The van der Waals surface area contributed by atoms with E-state index in [2.05, 4.69) is 13.2 Å². The molecule has 0 radical (unpaired) electrons. The summed E-state index contributed by atoms with van der Waals surface area (Å²) in [5.41, 5.74) is 0. The SMILES string of the molecule is C=CCC(CO)C(O)CC(=C)O. The molecule has 0 fully saturated rings. The number of rotatable bonds is 6. The zero-order chi connectivity index (χ0) is 9.56. The van der Waals surface area contributed by atoms with Crippen LogP contribution >= 0.6 is 0 Å². The molecule has 12 heavy (non-hydrogen) atoms. The summed E-state index contributed by atoms with van der Waals surface area (Å²) >= 11 is 0.